The molecule has 0 spiro atoms. The molecule has 1 aromatic rings. The Labute approximate surface area is 124 Å². The van der Waals surface area contributed by atoms with Crippen molar-refractivity contribution >= 4 is 17.7 Å². The minimum Gasteiger partial charge on any atom is -0.411 e. The van der Waals surface area contributed by atoms with Gasteiger partial charge in [0.1, 0.15) is 0 Å². The van der Waals surface area contributed by atoms with Crippen LogP contribution in [0.5, 0.6) is 0 Å². The van der Waals surface area contributed by atoms with E-state index in [0.717, 1.165) is 30.4 Å². The van der Waals surface area contributed by atoms with Crippen LogP contribution in [0.3, 0.4) is 0 Å². The van der Waals surface area contributed by atoms with Gasteiger partial charge in [0.15, 0.2) is 0 Å². The summed E-state index contributed by atoms with van der Waals surface area (Å²) in [6.45, 7) is 1.000. The maximum atomic E-state index is 11.9. The average Bonchev–Trinajstić information content (AvgIpc) is 2.96. The minimum atomic E-state index is -0.101. The van der Waals surface area contributed by atoms with Crippen molar-refractivity contribution < 1.29 is 14.7 Å². The second-order valence-corrected chi connectivity index (χ2v) is 4.93. The number of allylic oxidation sites excluding steroid dienone is 2. The lowest BCUT2D eigenvalue weighted by molar-refractivity contribution is 0.0937. The molecular weight excluding hydrogens is 268 g/mol. The van der Waals surface area contributed by atoms with Crippen molar-refractivity contribution in [1.29, 1.82) is 0 Å². The number of carbonyl (C=O) groups is 1. The van der Waals surface area contributed by atoms with Crippen molar-refractivity contribution in [1.82, 2.24) is 5.32 Å². The lowest BCUT2D eigenvalue weighted by Gasteiger charge is -2.07. The number of oxime groups is 1. The van der Waals surface area contributed by atoms with Crippen molar-refractivity contribution in [3.05, 3.63) is 41.0 Å². The molecule has 2 rings (SSSR count). The SMILES string of the molecule is COCCNC(=O)c1ccc(C2=C(/C=N/O)CCC2)cc1. The van der Waals surface area contributed by atoms with Crippen molar-refractivity contribution in [2.45, 2.75) is 19.3 Å². The van der Waals surface area contributed by atoms with Crippen LogP contribution in [-0.2, 0) is 4.74 Å². The molecule has 0 heterocycles. The van der Waals surface area contributed by atoms with Gasteiger partial charge in [-0.2, -0.15) is 0 Å². The number of benzene rings is 1. The topological polar surface area (TPSA) is 70.9 Å². The van der Waals surface area contributed by atoms with E-state index in [1.54, 1.807) is 7.11 Å². The number of hydrogen-bond donors (Lipinski definition) is 2. The van der Waals surface area contributed by atoms with Crippen LogP contribution in [0.2, 0.25) is 0 Å². The molecule has 0 aromatic heterocycles. The van der Waals surface area contributed by atoms with Crippen LogP contribution in [0, 0.1) is 0 Å². The monoisotopic (exact) mass is 288 g/mol. The number of methoxy groups -OCH3 is 1. The maximum Gasteiger partial charge on any atom is 0.251 e. The van der Waals surface area contributed by atoms with E-state index in [2.05, 4.69) is 10.5 Å². The van der Waals surface area contributed by atoms with E-state index in [0.29, 0.717) is 18.7 Å². The van der Waals surface area contributed by atoms with Gasteiger partial charge in [0, 0.05) is 19.2 Å². The third kappa shape index (κ3) is 3.92. The van der Waals surface area contributed by atoms with E-state index in [1.165, 1.54) is 11.8 Å². The van der Waals surface area contributed by atoms with E-state index >= 15 is 0 Å². The summed E-state index contributed by atoms with van der Waals surface area (Å²) in [6, 6.07) is 7.52. The van der Waals surface area contributed by atoms with Gasteiger partial charge in [0.05, 0.1) is 12.8 Å². The molecule has 0 fully saturated rings. The molecule has 1 aromatic carbocycles. The summed E-state index contributed by atoms with van der Waals surface area (Å²) in [7, 11) is 1.60. The number of nitrogens with zero attached hydrogens (tertiary/aromatic N) is 1. The fraction of sp³-hybridized carbons (Fsp3) is 0.375. The highest BCUT2D eigenvalue weighted by Crippen LogP contribution is 2.32. The van der Waals surface area contributed by atoms with Crippen LogP contribution in [-0.4, -0.2) is 37.6 Å². The Morgan fingerprint density at radius 3 is 2.81 bits per heavy atom. The molecular formula is C16H20N2O3. The molecule has 0 aliphatic heterocycles. The first-order chi connectivity index (χ1) is 10.3. The van der Waals surface area contributed by atoms with Gasteiger partial charge in [-0.15, -0.1) is 0 Å². The van der Waals surface area contributed by atoms with Gasteiger partial charge in [-0.1, -0.05) is 17.3 Å². The minimum absolute atomic E-state index is 0.101. The van der Waals surface area contributed by atoms with E-state index in [1.807, 2.05) is 24.3 Å². The summed E-state index contributed by atoms with van der Waals surface area (Å²) in [6.07, 6.45) is 4.48. The average molecular weight is 288 g/mol. The van der Waals surface area contributed by atoms with Crippen molar-refractivity contribution in [2.75, 3.05) is 20.3 Å². The maximum absolute atomic E-state index is 11.9. The molecule has 0 saturated carbocycles. The zero-order chi connectivity index (χ0) is 15.1. The van der Waals surface area contributed by atoms with Crippen LogP contribution in [0.25, 0.3) is 5.57 Å². The second-order valence-electron chi connectivity index (χ2n) is 4.93. The Kier molecular flexibility index (Phi) is 5.51. The second kappa shape index (κ2) is 7.59. The number of nitrogens with one attached hydrogen (secondary N) is 1. The summed E-state index contributed by atoms with van der Waals surface area (Å²) in [4.78, 5) is 11.9. The first kappa shape index (κ1) is 15.3. The van der Waals surface area contributed by atoms with Gasteiger partial charge < -0.3 is 15.3 Å². The smallest absolute Gasteiger partial charge is 0.251 e. The quantitative estimate of drug-likeness (QED) is 0.365. The van der Waals surface area contributed by atoms with E-state index in [9.17, 15) is 4.79 Å². The van der Waals surface area contributed by atoms with E-state index in [-0.39, 0.29) is 5.91 Å². The number of hydrogen-bond acceptors (Lipinski definition) is 4. The lowest BCUT2D eigenvalue weighted by atomic mass is 10.0. The molecule has 2 N–H and O–H groups in total. The molecule has 21 heavy (non-hydrogen) atoms. The Hall–Kier alpha value is -2.14. The third-order valence-corrected chi connectivity index (χ3v) is 3.56. The molecule has 1 aliphatic rings. The molecule has 1 aliphatic carbocycles. The number of rotatable bonds is 6. The summed E-state index contributed by atoms with van der Waals surface area (Å²) >= 11 is 0. The van der Waals surface area contributed by atoms with Crippen LogP contribution >= 0.6 is 0 Å². The molecule has 0 bridgehead atoms. The molecule has 0 radical (unpaired) electrons. The first-order valence-corrected chi connectivity index (χ1v) is 7.03. The van der Waals surface area contributed by atoms with Crippen LogP contribution in [0.15, 0.2) is 35.0 Å². The molecule has 5 nitrogen and oxygen atoms in total. The lowest BCUT2D eigenvalue weighted by Crippen LogP contribution is -2.26. The van der Waals surface area contributed by atoms with E-state index in [4.69, 9.17) is 9.94 Å². The Balaban J connectivity index is 2.08. The van der Waals surface area contributed by atoms with Crippen molar-refractivity contribution in [3.8, 4) is 0 Å². The highest BCUT2D eigenvalue weighted by atomic mass is 16.5. The molecule has 0 atom stereocenters. The Morgan fingerprint density at radius 2 is 2.14 bits per heavy atom. The normalized spacial score (nSPS) is 14.9. The summed E-state index contributed by atoms with van der Waals surface area (Å²) in [5.74, 6) is -0.101. The van der Waals surface area contributed by atoms with Gasteiger partial charge in [-0.25, -0.2) is 0 Å². The first-order valence-electron chi connectivity index (χ1n) is 7.03. The third-order valence-electron chi connectivity index (χ3n) is 3.56. The molecule has 5 heteroatoms. The highest BCUT2D eigenvalue weighted by molar-refractivity contribution is 5.95. The number of carbonyl (C=O) groups excluding carboxylic acids is 1. The van der Waals surface area contributed by atoms with E-state index < -0.39 is 0 Å². The fourth-order valence-corrected chi connectivity index (χ4v) is 2.50. The highest BCUT2D eigenvalue weighted by Gasteiger charge is 2.15. The zero-order valence-electron chi connectivity index (χ0n) is 12.1. The fourth-order valence-electron chi connectivity index (χ4n) is 2.50. The summed E-state index contributed by atoms with van der Waals surface area (Å²) < 4.78 is 4.90. The number of amides is 1. The van der Waals surface area contributed by atoms with Crippen LogP contribution in [0.1, 0.15) is 35.2 Å². The molecule has 112 valence electrons. The van der Waals surface area contributed by atoms with Crippen molar-refractivity contribution in [3.63, 3.8) is 0 Å². The van der Waals surface area contributed by atoms with Gasteiger partial charge in [0.2, 0.25) is 0 Å². The van der Waals surface area contributed by atoms with Gasteiger partial charge in [-0.05, 0) is 48.1 Å². The summed E-state index contributed by atoms with van der Waals surface area (Å²) in [5, 5.41) is 14.6. The van der Waals surface area contributed by atoms with Gasteiger partial charge >= 0.3 is 0 Å². The molecule has 0 saturated heterocycles. The molecule has 1 amide bonds. The predicted octanol–water partition coefficient (Wildman–Crippen LogP) is 2.46. The van der Waals surface area contributed by atoms with Crippen LogP contribution in [0.4, 0.5) is 0 Å². The van der Waals surface area contributed by atoms with Crippen LogP contribution < -0.4 is 5.32 Å². The number of ether oxygens (including phenoxy) is 1. The molecule has 0 unspecified atom stereocenters. The Bertz CT molecular complexity index is 547. The standard InChI is InChI=1S/C16H20N2O3/c1-21-10-9-17-16(19)13-7-5-12(6-8-13)15-4-2-3-14(15)11-18-20/h5-8,11,20H,2-4,9-10H2,1H3,(H,17,19)/b18-11+. The Morgan fingerprint density at radius 1 is 1.38 bits per heavy atom. The van der Waals surface area contributed by atoms with Gasteiger partial charge in [-0.3, -0.25) is 4.79 Å². The van der Waals surface area contributed by atoms with Crippen molar-refractivity contribution in [2.24, 2.45) is 5.16 Å². The predicted molar refractivity (Wildman–Crippen MR) is 81.7 cm³/mol. The van der Waals surface area contributed by atoms with Gasteiger partial charge in [0.25, 0.3) is 5.91 Å². The summed E-state index contributed by atoms with van der Waals surface area (Å²) in [5.41, 5.74) is 3.97. The largest absolute Gasteiger partial charge is 0.411 e. The zero-order valence-corrected chi connectivity index (χ0v) is 12.1.